The first-order valence-corrected chi connectivity index (χ1v) is 9.58. The van der Waals surface area contributed by atoms with Gasteiger partial charge in [0.2, 0.25) is 0 Å². The van der Waals surface area contributed by atoms with Gasteiger partial charge in [-0.25, -0.2) is 4.98 Å². The van der Waals surface area contributed by atoms with Crippen LogP contribution in [0.15, 0.2) is 42.7 Å². The summed E-state index contributed by atoms with van der Waals surface area (Å²) < 4.78 is 12.8. The molecule has 0 aliphatic heterocycles. The second kappa shape index (κ2) is 8.59. The number of carbonyl (C=O) groups is 2. The molecule has 0 N–H and O–H groups in total. The summed E-state index contributed by atoms with van der Waals surface area (Å²) in [7, 11) is 1.85. The Morgan fingerprint density at radius 3 is 1.96 bits per heavy atom. The lowest BCUT2D eigenvalue weighted by atomic mass is 9.60. The maximum atomic E-state index is 13.5. The zero-order valence-electron chi connectivity index (χ0n) is 17.6. The molecule has 2 aromatic rings. The van der Waals surface area contributed by atoms with E-state index in [0.717, 1.165) is 0 Å². The van der Waals surface area contributed by atoms with Crippen LogP contribution >= 0.6 is 0 Å². The Hall–Kier alpha value is -2.63. The van der Waals surface area contributed by atoms with Gasteiger partial charge in [0.25, 0.3) is 0 Å². The minimum Gasteiger partial charge on any atom is -0.465 e. The summed E-state index contributed by atoms with van der Waals surface area (Å²) in [6.45, 7) is 9.74. The molecule has 1 aromatic heterocycles. The van der Waals surface area contributed by atoms with E-state index in [1.807, 2.05) is 38.5 Å². The Bertz CT molecular complexity index is 787. The molecule has 6 nitrogen and oxygen atoms in total. The van der Waals surface area contributed by atoms with Crippen LogP contribution in [0, 0.1) is 5.41 Å². The van der Waals surface area contributed by atoms with Gasteiger partial charge < -0.3 is 14.0 Å². The van der Waals surface area contributed by atoms with E-state index < -0.39 is 28.7 Å². The second-order valence-electron chi connectivity index (χ2n) is 7.81. The molecule has 6 heteroatoms. The molecule has 0 aliphatic carbocycles. The molecule has 152 valence electrons. The molecule has 0 saturated carbocycles. The highest BCUT2D eigenvalue weighted by atomic mass is 16.6. The third kappa shape index (κ3) is 3.81. The summed E-state index contributed by atoms with van der Waals surface area (Å²) in [5, 5.41) is 0. The van der Waals surface area contributed by atoms with Crippen molar-refractivity contribution < 1.29 is 19.1 Å². The lowest BCUT2D eigenvalue weighted by Gasteiger charge is -2.43. The number of aryl methyl sites for hydroxylation is 1. The average molecular weight is 386 g/mol. The van der Waals surface area contributed by atoms with Gasteiger partial charge in [-0.2, -0.15) is 0 Å². The molecule has 1 aromatic carbocycles. The Morgan fingerprint density at radius 1 is 1.04 bits per heavy atom. The number of hydrogen-bond donors (Lipinski definition) is 0. The summed E-state index contributed by atoms with van der Waals surface area (Å²) in [6.07, 6.45) is 3.47. The number of carbonyl (C=O) groups excluding carboxylic acids is 2. The molecule has 0 amide bonds. The molecule has 0 radical (unpaired) electrons. The Labute approximate surface area is 166 Å². The molecule has 2 rings (SSSR count). The molecule has 28 heavy (non-hydrogen) atoms. The molecule has 0 bridgehead atoms. The van der Waals surface area contributed by atoms with Gasteiger partial charge >= 0.3 is 11.9 Å². The summed E-state index contributed by atoms with van der Waals surface area (Å²) in [5.74, 6) is -1.23. The van der Waals surface area contributed by atoms with Gasteiger partial charge in [0.05, 0.1) is 19.1 Å². The smallest absolute Gasteiger partial charge is 0.328 e. The van der Waals surface area contributed by atoms with Gasteiger partial charge in [-0.3, -0.25) is 9.59 Å². The monoisotopic (exact) mass is 386 g/mol. The molecule has 0 saturated heterocycles. The molecular weight excluding hydrogens is 356 g/mol. The van der Waals surface area contributed by atoms with Crippen LogP contribution in [0.2, 0.25) is 0 Å². The Morgan fingerprint density at radius 2 is 1.57 bits per heavy atom. The van der Waals surface area contributed by atoms with E-state index in [0.29, 0.717) is 11.4 Å². The number of benzene rings is 1. The topological polar surface area (TPSA) is 70.4 Å². The first kappa shape index (κ1) is 21.7. The van der Waals surface area contributed by atoms with Crippen LogP contribution < -0.4 is 0 Å². The van der Waals surface area contributed by atoms with Crippen molar-refractivity contribution in [2.75, 3.05) is 13.2 Å². The Balaban J connectivity index is 2.92. The predicted octanol–water partition coefficient (Wildman–Crippen LogP) is 3.61. The number of rotatable bonds is 7. The van der Waals surface area contributed by atoms with Crippen molar-refractivity contribution in [2.24, 2.45) is 12.5 Å². The number of hydrogen-bond acceptors (Lipinski definition) is 5. The summed E-state index contributed by atoms with van der Waals surface area (Å²) in [4.78, 5) is 31.5. The van der Waals surface area contributed by atoms with Gasteiger partial charge in [0.1, 0.15) is 5.82 Å². The summed E-state index contributed by atoms with van der Waals surface area (Å²) >= 11 is 0. The minimum atomic E-state index is -1.68. The van der Waals surface area contributed by atoms with Crippen molar-refractivity contribution in [3.05, 3.63) is 54.1 Å². The number of nitrogens with zero attached hydrogens (tertiary/aromatic N) is 2. The van der Waals surface area contributed by atoms with Crippen LogP contribution in [0.1, 0.15) is 51.9 Å². The second-order valence-corrected chi connectivity index (χ2v) is 7.81. The third-order valence-electron chi connectivity index (χ3n) is 4.84. The van der Waals surface area contributed by atoms with E-state index in [2.05, 4.69) is 4.98 Å². The molecule has 0 spiro atoms. The lowest BCUT2D eigenvalue weighted by Crippen LogP contribution is -2.54. The summed E-state index contributed by atoms with van der Waals surface area (Å²) in [5.41, 5.74) is -1.64. The average Bonchev–Trinajstić information content (AvgIpc) is 3.04. The zero-order chi connectivity index (χ0) is 20.9. The van der Waals surface area contributed by atoms with Gasteiger partial charge in [0.15, 0.2) is 5.41 Å². The van der Waals surface area contributed by atoms with Gasteiger partial charge in [-0.15, -0.1) is 0 Å². The molecule has 1 unspecified atom stereocenters. The molecule has 0 aliphatic rings. The highest BCUT2D eigenvalue weighted by molar-refractivity contribution is 6.07. The van der Waals surface area contributed by atoms with E-state index in [-0.39, 0.29) is 13.2 Å². The van der Waals surface area contributed by atoms with Crippen molar-refractivity contribution in [3.8, 4) is 0 Å². The number of imidazole rings is 1. The van der Waals surface area contributed by atoms with E-state index in [1.165, 1.54) is 0 Å². The van der Waals surface area contributed by atoms with Crippen molar-refractivity contribution >= 4 is 11.9 Å². The standard InChI is InChI=1S/C22H30N2O4/c1-7-27-19(25)22(20(26)28-8-2,16-12-10-9-11-13-16)17(21(3,4)5)18-23-14-15-24(18)6/h9-15,17H,7-8H2,1-6H3. The van der Waals surface area contributed by atoms with E-state index in [1.54, 1.807) is 50.5 Å². The maximum absolute atomic E-state index is 13.5. The third-order valence-corrected chi connectivity index (χ3v) is 4.84. The zero-order valence-corrected chi connectivity index (χ0v) is 17.6. The quantitative estimate of drug-likeness (QED) is 0.537. The van der Waals surface area contributed by atoms with E-state index in [9.17, 15) is 9.59 Å². The molecule has 1 heterocycles. The van der Waals surface area contributed by atoms with Crippen LogP contribution in [0.3, 0.4) is 0 Å². The number of esters is 2. The summed E-state index contributed by atoms with van der Waals surface area (Å²) in [6, 6.07) is 9.00. The van der Waals surface area contributed by atoms with Crippen LogP contribution in [0.5, 0.6) is 0 Å². The van der Waals surface area contributed by atoms with Crippen molar-refractivity contribution in [1.82, 2.24) is 9.55 Å². The highest BCUT2D eigenvalue weighted by Gasteiger charge is 2.61. The largest absolute Gasteiger partial charge is 0.465 e. The molecule has 0 fully saturated rings. The fourth-order valence-electron chi connectivity index (χ4n) is 3.80. The maximum Gasteiger partial charge on any atom is 0.328 e. The predicted molar refractivity (Wildman–Crippen MR) is 107 cm³/mol. The van der Waals surface area contributed by atoms with Crippen LogP contribution in [0.25, 0.3) is 0 Å². The van der Waals surface area contributed by atoms with Gasteiger partial charge in [-0.05, 0) is 24.8 Å². The lowest BCUT2D eigenvalue weighted by molar-refractivity contribution is -0.168. The van der Waals surface area contributed by atoms with Crippen LogP contribution in [-0.4, -0.2) is 34.7 Å². The SMILES string of the molecule is CCOC(=O)C(C(=O)OCC)(c1ccccc1)C(c1nccn1C)C(C)(C)C. The minimum absolute atomic E-state index is 0.157. The first-order chi connectivity index (χ1) is 13.2. The fraction of sp³-hybridized carbons (Fsp3) is 0.500. The van der Waals surface area contributed by atoms with Crippen molar-refractivity contribution in [2.45, 2.75) is 46.0 Å². The van der Waals surface area contributed by atoms with Gasteiger partial charge in [0, 0.05) is 19.4 Å². The van der Waals surface area contributed by atoms with E-state index >= 15 is 0 Å². The van der Waals surface area contributed by atoms with E-state index in [4.69, 9.17) is 9.47 Å². The Kier molecular flexibility index (Phi) is 6.65. The van der Waals surface area contributed by atoms with Crippen LogP contribution in [0.4, 0.5) is 0 Å². The fourth-order valence-corrected chi connectivity index (χ4v) is 3.80. The molecule has 1 atom stereocenters. The van der Waals surface area contributed by atoms with Crippen molar-refractivity contribution in [3.63, 3.8) is 0 Å². The number of aromatic nitrogens is 2. The first-order valence-electron chi connectivity index (χ1n) is 9.58. The van der Waals surface area contributed by atoms with Gasteiger partial charge in [-0.1, -0.05) is 51.1 Å². The number of ether oxygens (including phenoxy) is 2. The molecular formula is C22H30N2O4. The normalized spacial score (nSPS) is 13.1. The highest BCUT2D eigenvalue weighted by Crippen LogP contribution is 2.50. The van der Waals surface area contributed by atoms with Crippen molar-refractivity contribution in [1.29, 1.82) is 0 Å². The van der Waals surface area contributed by atoms with Crippen LogP contribution in [-0.2, 0) is 31.5 Å².